The zero-order chi connectivity index (χ0) is 18.4. The topological polar surface area (TPSA) is 58.2 Å². The predicted octanol–water partition coefficient (Wildman–Crippen LogP) is 4.80. The van der Waals surface area contributed by atoms with Crippen molar-refractivity contribution >= 4 is 34.8 Å². The van der Waals surface area contributed by atoms with E-state index in [1.807, 2.05) is 24.3 Å². The first-order valence-electron chi connectivity index (χ1n) is 8.17. The molecular formula is C20H23ClN2O2. The number of halogens is 1. The number of alkyl halides is 1. The molecule has 0 atom stereocenters. The van der Waals surface area contributed by atoms with Gasteiger partial charge in [0.2, 0.25) is 5.91 Å². The molecule has 0 spiro atoms. The molecule has 0 heterocycles. The molecule has 0 fully saturated rings. The molecule has 2 aromatic rings. The van der Waals surface area contributed by atoms with Crippen LogP contribution in [0.4, 0.5) is 11.4 Å². The van der Waals surface area contributed by atoms with Crippen molar-refractivity contribution in [3.8, 4) is 0 Å². The highest BCUT2D eigenvalue weighted by Crippen LogP contribution is 2.22. The van der Waals surface area contributed by atoms with Crippen LogP contribution in [0.15, 0.2) is 48.5 Å². The lowest BCUT2D eigenvalue weighted by atomic mass is 9.87. The summed E-state index contributed by atoms with van der Waals surface area (Å²) in [7, 11) is 0. The zero-order valence-corrected chi connectivity index (χ0v) is 15.5. The molecule has 2 N–H and O–H groups in total. The third kappa shape index (κ3) is 5.61. The van der Waals surface area contributed by atoms with E-state index in [0.717, 1.165) is 0 Å². The van der Waals surface area contributed by atoms with Gasteiger partial charge in [-0.3, -0.25) is 9.59 Å². The zero-order valence-electron chi connectivity index (χ0n) is 14.7. The molecule has 0 unspecified atom stereocenters. The monoisotopic (exact) mass is 358 g/mol. The van der Waals surface area contributed by atoms with E-state index < -0.39 is 0 Å². The quantitative estimate of drug-likeness (QED) is 0.754. The molecule has 0 aliphatic carbocycles. The third-order valence-electron chi connectivity index (χ3n) is 3.76. The van der Waals surface area contributed by atoms with Crippen molar-refractivity contribution in [2.45, 2.75) is 32.6 Å². The lowest BCUT2D eigenvalue weighted by molar-refractivity contribution is -0.115. The molecule has 0 saturated heterocycles. The molecule has 0 aliphatic heterocycles. The molecule has 2 amide bonds. The van der Waals surface area contributed by atoms with E-state index in [1.165, 1.54) is 5.56 Å². The standard InChI is InChI=1S/C20H23ClN2O2/c1-20(2,3)15-6-4-14(5-7-15)19(25)23-17-10-8-16(9-11-17)22-18(24)12-13-21/h4-11H,12-13H2,1-3H3,(H,22,24)(H,23,25). The van der Waals surface area contributed by atoms with Crippen molar-refractivity contribution in [2.75, 3.05) is 16.5 Å². The van der Waals surface area contributed by atoms with E-state index in [0.29, 0.717) is 16.9 Å². The van der Waals surface area contributed by atoms with Crippen LogP contribution in [-0.4, -0.2) is 17.7 Å². The van der Waals surface area contributed by atoms with Crippen LogP contribution in [0, 0.1) is 0 Å². The number of hydrogen-bond acceptors (Lipinski definition) is 2. The summed E-state index contributed by atoms with van der Waals surface area (Å²) in [6.45, 7) is 6.40. The maximum absolute atomic E-state index is 12.3. The average Bonchev–Trinajstić information content (AvgIpc) is 2.56. The van der Waals surface area contributed by atoms with Crippen molar-refractivity contribution in [3.05, 3.63) is 59.7 Å². The molecule has 2 rings (SSSR count). The van der Waals surface area contributed by atoms with Crippen LogP contribution in [-0.2, 0) is 10.2 Å². The van der Waals surface area contributed by atoms with Crippen LogP contribution in [0.25, 0.3) is 0 Å². The summed E-state index contributed by atoms with van der Waals surface area (Å²) in [5, 5.41) is 5.59. The second kappa shape index (κ2) is 8.17. The molecule has 0 aliphatic rings. The summed E-state index contributed by atoms with van der Waals surface area (Å²) in [6, 6.07) is 14.6. The Morgan fingerprint density at radius 1 is 0.880 bits per heavy atom. The minimum atomic E-state index is -0.167. The largest absolute Gasteiger partial charge is 0.326 e. The highest BCUT2D eigenvalue weighted by atomic mass is 35.5. The van der Waals surface area contributed by atoms with Gasteiger partial charge in [-0.05, 0) is 47.4 Å². The highest BCUT2D eigenvalue weighted by molar-refractivity contribution is 6.19. The first-order valence-corrected chi connectivity index (χ1v) is 8.71. The van der Waals surface area contributed by atoms with E-state index in [-0.39, 0.29) is 29.5 Å². The number of hydrogen-bond donors (Lipinski definition) is 2. The molecule has 132 valence electrons. The summed E-state index contributed by atoms with van der Waals surface area (Å²) in [5.74, 6) is -0.0151. The Morgan fingerprint density at radius 3 is 1.88 bits per heavy atom. The van der Waals surface area contributed by atoms with Crippen molar-refractivity contribution < 1.29 is 9.59 Å². The van der Waals surface area contributed by atoms with Gasteiger partial charge in [0, 0.05) is 29.2 Å². The summed E-state index contributed by atoms with van der Waals surface area (Å²) in [6.07, 6.45) is 0.268. The van der Waals surface area contributed by atoms with Crippen LogP contribution >= 0.6 is 11.6 Å². The van der Waals surface area contributed by atoms with E-state index >= 15 is 0 Å². The first kappa shape index (κ1) is 19.0. The second-order valence-electron chi connectivity index (χ2n) is 6.85. The summed E-state index contributed by atoms with van der Waals surface area (Å²) in [5.41, 5.74) is 3.18. The van der Waals surface area contributed by atoms with Crippen molar-refractivity contribution in [2.24, 2.45) is 0 Å². The van der Waals surface area contributed by atoms with Gasteiger partial charge < -0.3 is 10.6 Å². The molecule has 0 saturated carbocycles. The Morgan fingerprint density at radius 2 is 1.40 bits per heavy atom. The molecule has 2 aromatic carbocycles. The van der Waals surface area contributed by atoms with Gasteiger partial charge in [-0.2, -0.15) is 0 Å². The van der Waals surface area contributed by atoms with Crippen molar-refractivity contribution in [1.82, 2.24) is 0 Å². The summed E-state index contributed by atoms with van der Waals surface area (Å²) >= 11 is 5.53. The lowest BCUT2D eigenvalue weighted by Crippen LogP contribution is -2.14. The molecule has 0 radical (unpaired) electrons. The van der Waals surface area contributed by atoms with Gasteiger partial charge in [0.05, 0.1) is 0 Å². The van der Waals surface area contributed by atoms with Crippen LogP contribution in [0.5, 0.6) is 0 Å². The van der Waals surface area contributed by atoms with E-state index in [1.54, 1.807) is 24.3 Å². The maximum Gasteiger partial charge on any atom is 0.255 e. The molecular weight excluding hydrogens is 336 g/mol. The number of nitrogens with one attached hydrogen (secondary N) is 2. The maximum atomic E-state index is 12.3. The van der Waals surface area contributed by atoms with Gasteiger partial charge in [0.25, 0.3) is 5.91 Å². The number of anilines is 2. The smallest absolute Gasteiger partial charge is 0.255 e. The van der Waals surface area contributed by atoms with Gasteiger partial charge in [-0.1, -0.05) is 32.9 Å². The summed E-state index contributed by atoms with van der Waals surface area (Å²) < 4.78 is 0. The fourth-order valence-corrected chi connectivity index (χ4v) is 2.44. The van der Waals surface area contributed by atoms with E-state index in [9.17, 15) is 9.59 Å². The number of carbonyl (C=O) groups is 2. The molecule has 25 heavy (non-hydrogen) atoms. The minimum Gasteiger partial charge on any atom is -0.326 e. The third-order valence-corrected chi connectivity index (χ3v) is 3.95. The molecule has 4 nitrogen and oxygen atoms in total. The number of carbonyl (C=O) groups excluding carboxylic acids is 2. The van der Waals surface area contributed by atoms with E-state index in [2.05, 4.69) is 31.4 Å². The number of benzene rings is 2. The van der Waals surface area contributed by atoms with Crippen LogP contribution in [0.1, 0.15) is 43.1 Å². The lowest BCUT2D eigenvalue weighted by Gasteiger charge is -2.19. The van der Waals surface area contributed by atoms with Gasteiger partial charge >= 0.3 is 0 Å². The Labute approximate surface area is 153 Å². The molecule has 0 bridgehead atoms. The Kier molecular flexibility index (Phi) is 6.21. The Balaban J connectivity index is 1.99. The first-order chi connectivity index (χ1) is 11.8. The second-order valence-corrected chi connectivity index (χ2v) is 7.22. The number of rotatable bonds is 5. The van der Waals surface area contributed by atoms with Crippen LogP contribution in [0.2, 0.25) is 0 Å². The van der Waals surface area contributed by atoms with Crippen LogP contribution in [0.3, 0.4) is 0 Å². The normalized spacial score (nSPS) is 11.0. The SMILES string of the molecule is CC(C)(C)c1ccc(C(=O)Nc2ccc(NC(=O)CCCl)cc2)cc1. The minimum absolute atomic E-state index is 0.0543. The van der Waals surface area contributed by atoms with Crippen LogP contribution < -0.4 is 10.6 Å². The fraction of sp³-hybridized carbons (Fsp3) is 0.300. The Bertz CT molecular complexity index is 732. The fourth-order valence-electron chi connectivity index (χ4n) is 2.27. The van der Waals surface area contributed by atoms with Gasteiger partial charge in [0.15, 0.2) is 0 Å². The van der Waals surface area contributed by atoms with Gasteiger partial charge in [-0.15, -0.1) is 11.6 Å². The summed E-state index contributed by atoms with van der Waals surface area (Å²) in [4.78, 5) is 23.8. The molecule has 5 heteroatoms. The van der Waals surface area contributed by atoms with E-state index in [4.69, 9.17) is 11.6 Å². The van der Waals surface area contributed by atoms with Crippen molar-refractivity contribution in [1.29, 1.82) is 0 Å². The number of amides is 2. The highest BCUT2D eigenvalue weighted by Gasteiger charge is 2.14. The predicted molar refractivity (Wildman–Crippen MR) is 104 cm³/mol. The Hall–Kier alpha value is -2.33. The van der Waals surface area contributed by atoms with Gasteiger partial charge in [-0.25, -0.2) is 0 Å². The average molecular weight is 359 g/mol. The molecule has 0 aromatic heterocycles. The van der Waals surface area contributed by atoms with Gasteiger partial charge in [0.1, 0.15) is 0 Å². The van der Waals surface area contributed by atoms with Crippen molar-refractivity contribution in [3.63, 3.8) is 0 Å².